The highest BCUT2D eigenvalue weighted by Gasteiger charge is 2.41. The molecule has 0 amide bonds. The Labute approximate surface area is 51.6 Å². The molecular weight excluding hydrogens is 96.1 g/mol. The van der Waals surface area contributed by atoms with Crippen LogP contribution in [0.5, 0.6) is 0 Å². The van der Waals surface area contributed by atoms with E-state index in [9.17, 15) is 0 Å². The normalized spacial score (nSPS) is 23.4. The van der Waals surface area contributed by atoms with E-state index in [2.05, 4.69) is 26.5 Å². The fourth-order valence-electron chi connectivity index (χ4n) is 1.16. The third kappa shape index (κ3) is 0.683. The predicted octanol–water partition coefficient (Wildman–Crippen LogP) is 2.61. The van der Waals surface area contributed by atoms with Crippen molar-refractivity contribution in [3.63, 3.8) is 0 Å². The third-order valence-electron chi connectivity index (χ3n) is 2.38. The maximum absolute atomic E-state index is 3.82. The van der Waals surface area contributed by atoms with Gasteiger partial charge >= 0.3 is 0 Å². The van der Waals surface area contributed by atoms with Gasteiger partial charge in [0.05, 0.1) is 0 Å². The third-order valence-corrected chi connectivity index (χ3v) is 2.38. The first-order valence-electron chi connectivity index (χ1n) is 3.35. The van der Waals surface area contributed by atoms with E-state index in [0.29, 0.717) is 5.41 Å². The summed E-state index contributed by atoms with van der Waals surface area (Å²) >= 11 is 0. The minimum Gasteiger partial charge on any atom is -0.103 e. The summed E-state index contributed by atoms with van der Waals surface area (Å²) in [5.41, 5.74) is 0.556. The standard InChI is InChI=1S/C8H14/c1-4-8(5-6-8)7(2)3/h4,7H,1,5-6H2,2-3H3. The van der Waals surface area contributed by atoms with Crippen molar-refractivity contribution in [2.75, 3.05) is 0 Å². The molecule has 0 aliphatic heterocycles. The van der Waals surface area contributed by atoms with E-state index in [1.807, 2.05) is 0 Å². The van der Waals surface area contributed by atoms with Gasteiger partial charge in [-0.05, 0) is 24.2 Å². The predicted molar refractivity (Wildman–Crippen MR) is 36.7 cm³/mol. The van der Waals surface area contributed by atoms with Crippen LogP contribution in [0.2, 0.25) is 0 Å². The second-order valence-corrected chi connectivity index (χ2v) is 3.09. The highest BCUT2D eigenvalue weighted by Crippen LogP contribution is 2.52. The van der Waals surface area contributed by atoms with Gasteiger partial charge in [-0.3, -0.25) is 0 Å². The summed E-state index contributed by atoms with van der Waals surface area (Å²) in [7, 11) is 0. The zero-order valence-corrected chi connectivity index (χ0v) is 5.78. The van der Waals surface area contributed by atoms with Crippen LogP contribution >= 0.6 is 0 Å². The smallest absolute Gasteiger partial charge is 0.00973 e. The lowest BCUT2D eigenvalue weighted by molar-refractivity contribution is 0.448. The van der Waals surface area contributed by atoms with Crippen LogP contribution in [-0.4, -0.2) is 0 Å². The van der Waals surface area contributed by atoms with E-state index in [-0.39, 0.29) is 0 Å². The van der Waals surface area contributed by atoms with Crippen molar-refractivity contribution in [3.8, 4) is 0 Å². The van der Waals surface area contributed by atoms with Crippen molar-refractivity contribution in [3.05, 3.63) is 12.7 Å². The molecule has 1 fully saturated rings. The van der Waals surface area contributed by atoms with Crippen LogP contribution < -0.4 is 0 Å². The summed E-state index contributed by atoms with van der Waals surface area (Å²) in [6, 6.07) is 0. The van der Waals surface area contributed by atoms with Gasteiger partial charge < -0.3 is 0 Å². The fourth-order valence-corrected chi connectivity index (χ4v) is 1.16. The summed E-state index contributed by atoms with van der Waals surface area (Å²) < 4.78 is 0. The van der Waals surface area contributed by atoms with Crippen molar-refractivity contribution < 1.29 is 0 Å². The molecule has 1 rings (SSSR count). The van der Waals surface area contributed by atoms with Crippen LogP contribution in [0.15, 0.2) is 12.7 Å². The van der Waals surface area contributed by atoms with E-state index in [0.717, 1.165) is 5.92 Å². The minimum absolute atomic E-state index is 0.556. The Hall–Kier alpha value is -0.260. The van der Waals surface area contributed by atoms with Gasteiger partial charge in [0.15, 0.2) is 0 Å². The molecule has 8 heavy (non-hydrogen) atoms. The Morgan fingerprint density at radius 2 is 2.00 bits per heavy atom. The number of hydrogen-bond donors (Lipinski definition) is 0. The molecule has 1 aliphatic carbocycles. The number of allylic oxidation sites excluding steroid dienone is 1. The number of hydrogen-bond acceptors (Lipinski definition) is 0. The second kappa shape index (κ2) is 1.61. The van der Waals surface area contributed by atoms with Gasteiger partial charge in [-0.2, -0.15) is 0 Å². The van der Waals surface area contributed by atoms with Crippen LogP contribution in [0, 0.1) is 11.3 Å². The van der Waals surface area contributed by atoms with E-state index in [1.165, 1.54) is 12.8 Å². The molecule has 0 atom stereocenters. The van der Waals surface area contributed by atoms with E-state index in [1.54, 1.807) is 0 Å². The first-order chi connectivity index (χ1) is 3.71. The van der Waals surface area contributed by atoms with Crippen molar-refractivity contribution in [2.45, 2.75) is 26.7 Å². The molecule has 0 heteroatoms. The summed E-state index contributed by atoms with van der Waals surface area (Å²) in [6.45, 7) is 8.36. The zero-order chi connectivity index (χ0) is 6.20. The van der Waals surface area contributed by atoms with E-state index < -0.39 is 0 Å². The van der Waals surface area contributed by atoms with Crippen LogP contribution in [0.1, 0.15) is 26.7 Å². The summed E-state index contributed by atoms with van der Waals surface area (Å²) in [4.78, 5) is 0. The van der Waals surface area contributed by atoms with Gasteiger partial charge in [0.1, 0.15) is 0 Å². The molecule has 0 saturated heterocycles. The molecule has 0 N–H and O–H groups in total. The molecule has 0 aromatic heterocycles. The maximum atomic E-state index is 3.82. The molecule has 1 saturated carbocycles. The lowest BCUT2D eigenvalue weighted by Crippen LogP contribution is -2.03. The molecule has 0 aromatic carbocycles. The fraction of sp³-hybridized carbons (Fsp3) is 0.750. The molecular formula is C8H14. The average Bonchev–Trinajstić information content (AvgIpc) is 2.44. The topological polar surface area (TPSA) is 0 Å². The maximum Gasteiger partial charge on any atom is -0.00973 e. The van der Waals surface area contributed by atoms with Crippen molar-refractivity contribution in [1.29, 1.82) is 0 Å². The molecule has 0 nitrogen and oxygen atoms in total. The first-order valence-corrected chi connectivity index (χ1v) is 3.35. The molecule has 0 aromatic rings. The molecule has 0 unspecified atom stereocenters. The summed E-state index contributed by atoms with van der Waals surface area (Å²) in [5, 5.41) is 0. The lowest BCUT2D eigenvalue weighted by Gasteiger charge is -2.12. The average molecular weight is 110 g/mol. The lowest BCUT2D eigenvalue weighted by atomic mass is 9.93. The van der Waals surface area contributed by atoms with Gasteiger partial charge in [0, 0.05) is 0 Å². The largest absolute Gasteiger partial charge is 0.103 e. The van der Waals surface area contributed by atoms with Crippen molar-refractivity contribution in [2.24, 2.45) is 11.3 Å². The minimum atomic E-state index is 0.556. The van der Waals surface area contributed by atoms with Gasteiger partial charge in [0.25, 0.3) is 0 Å². The van der Waals surface area contributed by atoms with E-state index in [4.69, 9.17) is 0 Å². The summed E-state index contributed by atoms with van der Waals surface area (Å²) in [5.74, 6) is 0.806. The van der Waals surface area contributed by atoms with Crippen LogP contribution in [-0.2, 0) is 0 Å². The quantitative estimate of drug-likeness (QED) is 0.479. The van der Waals surface area contributed by atoms with Gasteiger partial charge in [-0.15, -0.1) is 6.58 Å². The first kappa shape index (κ1) is 5.87. The van der Waals surface area contributed by atoms with Gasteiger partial charge in [-0.1, -0.05) is 19.9 Å². The van der Waals surface area contributed by atoms with Gasteiger partial charge in [0.2, 0.25) is 0 Å². The molecule has 46 valence electrons. The summed E-state index contributed by atoms with van der Waals surface area (Å²) in [6.07, 6.45) is 4.86. The molecule has 1 aliphatic rings. The monoisotopic (exact) mass is 110 g/mol. The highest BCUT2D eigenvalue weighted by molar-refractivity contribution is 5.07. The Balaban J connectivity index is 2.53. The van der Waals surface area contributed by atoms with Crippen molar-refractivity contribution >= 4 is 0 Å². The Morgan fingerprint density at radius 3 is 2.00 bits per heavy atom. The van der Waals surface area contributed by atoms with Crippen molar-refractivity contribution in [1.82, 2.24) is 0 Å². The molecule has 0 heterocycles. The second-order valence-electron chi connectivity index (χ2n) is 3.09. The Morgan fingerprint density at radius 1 is 1.50 bits per heavy atom. The Bertz CT molecular complexity index is 96.6. The number of rotatable bonds is 2. The van der Waals surface area contributed by atoms with Crippen LogP contribution in [0.3, 0.4) is 0 Å². The molecule has 0 bridgehead atoms. The SMILES string of the molecule is C=CC1(C(C)C)CC1. The molecule has 0 radical (unpaired) electrons. The van der Waals surface area contributed by atoms with Crippen LogP contribution in [0.25, 0.3) is 0 Å². The van der Waals surface area contributed by atoms with Crippen LogP contribution in [0.4, 0.5) is 0 Å². The molecule has 0 spiro atoms. The van der Waals surface area contributed by atoms with Gasteiger partial charge in [-0.25, -0.2) is 0 Å². The Kier molecular flexibility index (Phi) is 1.18. The highest BCUT2D eigenvalue weighted by atomic mass is 14.5. The zero-order valence-electron chi connectivity index (χ0n) is 5.78. The van der Waals surface area contributed by atoms with E-state index >= 15 is 0 Å².